The van der Waals surface area contributed by atoms with Gasteiger partial charge in [0.2, 0.25) is 11.8 Å². The summed E-state index contributed by atoms with van der Waals surface area (Å²) in [5.74, 6) is -0.875. The third kappa shape index (κ3) is 8.14. The van der Waals surface area contributed by atoms with Gasteiger partial charge in [-0.15, -0.1) is 0 Å². The average molecular weight is 547 g/mol. The highest BCUT2D eigenvalue weighted by Gasteiger charge is 2.58. The van der Waals surface area contributed by atoms with Crippen LogP contribution in [0.4, 0.5) is 18.9 Å². The summed E-state index contributed by atoms with van der Waals surface area (Å²) in [6.45, 7) is 0.664. The molecule has 0 atom stereocenters. The Labute approximate surface area is 225 Å². The van der Waals surface area contributed by atoms with Gasteiger partial charge in [-0.05, 0) is 48.2 Å². The fourth-order valence-electron chi connectivity index (χ4n) is 4.23. The second-order valence-electron chi connectivity index (χ2n) is 9.49. The molecular weight excluding hydrogens is 513 g/mol. The number of carbonyl (C=O) groups excluding carboxylic acids is 3. The van der Waals surface area contributed by atoms with Gasteiger partial charge in [-0.1, -0.05) is 49.3 Å². The second-order valence-corrected chi connectivity index (χ2v) is 9.49. The van der Waals surface area contributed by atoms with Crippen molar-refractivity contribution >= 4 is 23.4 Å². The highest BCUT2D eigenvalue weighted by molar-refractivity contribution is 5.95. The van der Waals surface area contributed by atoms with Crippen LogP contribution in [0.3, 0.4) is 0 Å². The van der Waals surface area contributed by atoms with Gasteiger partial charge in [0, 0.05) is 43.7 Å². The quantitative estimate of drug-likeness (QED) is 0.121. The maximum atomic E-state index is 13.3. The average Bonchev–Trinajstić information content (AvgIpc) is 3.73. The Kier molecular flexibility index (Phi) is 10.2. The number of allylic oxidation sites excluding steroid dienone is 2. The minimum Gasteiger partial charge on any atom is -0.333 e. The molecule has 11 heteroatoms. The minimum atomic E-state index is -4.39. The first kappa shape index (κ1) is 29.9. The summed E-state index contributed by atoms with van der Waals surface area (Å²) in [7, 11) is 0. The highest BCUT2D eigenvalue weighted by atomic mass is 19.4. The van der Waals surface area contributed by atoms with E-state index in [1.54, 1.807) is 41.9 Å². The van der Waals surface area contributed by atoms with E-state index < -0.39 is 17.5 Å². The van der Waals surface area contributed by atoms with Gasteiger partial charge >= 0.3 is 6.18 Å². The Balaban J connectivity index is 1.50. The summed E-state index contributed by atoms with van der Waals surface area (Å²) in [5.41, 5.74) is 7.05. The first-order chi connectivity index (χ1) is 18.6. The zero-order valence-corrected chi connectivity index (χ0v) is 21.5. The molecule has 210 valence electrons. The summed E-state index contributed by atoms with van der Waals surface area (Å²) in [6, 6.07) is 12.5. The number of rotatable bonds is 14. The van der Waals surface area contributed by atoms with Crippen molar-refractivity contribution in [1.82, 2.24) is 10.4 Å². The molecule has 0 spiro atoms. The van der Waals surface area contributed by atoms with Crippen molar-refractivity contribution in [2.45, 2.75) is 56.7 Å². The van der Waals surface area contributed by atoms with E-state index in [2.05, 4.69) is 5.32 Å². The van der Waals surface area contributed by atoms with E-state index in [9.17, 15) is 27.6 Å². The number of hydrogen-bond acceptors (Lipinski definition) is 5. The van der Waals surface area contributed by atoms with Crippen LogP contribution in [0.5, 0.6) is 0 Å². The molecule has 0 fully saturated rings. The van der Waals surface area contributed by atoms with E-state index in [1.807, 2.05) is 0 Å². The lowest BCUT2D eigenvalue weighted by Crippen LogP contribution is -2.35. The molecule has 0 radical (unpaired) electrons. The van der Waals surface area contributed by atoms with Gasteiger partial charge in [-0.2, -0.15) is 13.2 Å². The Hall–Kier alpha value is -3.70. The van der Waals surface area contributed by atoms with Crippen LogP contribution < -0.4 is 16.5 Å². The van der Waals surface area contributed by atoms with E-state index in [0.29, 0.717) is 36.1 Å². The number of alkyl halides is 3. The molecular formula is C28H33F3N4O4. The first-order valence-electron chi connectivity index (χ1n) is 12.8. The standard InChI is InChI=1S/C28H33F3N4O4/c29-28(30,31)27(15-16-27)22-11-7-20(8-12-22)19-35(18-17-32)26(38)21-9-13-23(14-10-21)33-24(36)5-3-1-2-4-6-25(37)34-39/h7-16,39H,1-6,17-19,32H2,(H,33,36)(H,34,37). The summed E-state index contributed by atoms with van der Waals surface area (Å²) < 4.78 is 40.0. The van der Waals surface area contributed by atoms with Gasteiger partial charge in [0.15, 0.2) is 0 Å². The lowest BCUT2D eigenvalue weighted by atomic mass is 9.92. The smallest absolute Gasteiger partial charge is 0.333 e. The number of hydrogen-bond donors (Lipinski definition) is 4. The fourth-order valence-corrected chi connectivity index (χ4v) is 4.23. The number of hydroxylamine groups is 1. The zero-order valence-electron chi connectivity index (χ0n) is 21.5. The van der Waals surface area contributed by atoms with Crippen molar-refractivity contribution in [3.05, 3.63) is 77.4 Å². The predicted molar refractivity (Wildman–Crippen MR) is 140 cm³/mol. The van der Waals surface area contributed by atoms with E-state index in [0.717, 1.165) is 25.0 Å². The van der Waals surface area contributed by atoms with Gasteiger partial charge in [0.1, 0.15) is 5.41 Å². The number of unbranched alkanes of at least 4 members (excludes halogenated alkanes) is 3. The number of carbonyl (C=O) groups is 3. The van der Waals surface area contributed by atoms with Crippen molar-refractivity contribution in [3.63, 3.8) is 0 Å². The van der Waals surface area contributed by atoms with Crippen LogP contribution >= 0.6 is 0 Å². The SMILES string of the molecule is NCCN(Cc1ccc(C2(C(F)(F)F)C=C2)cc1)C(=O)c1ccc(NC(=O)CCCCCCC(=O)NO)cc1. The van der Waals surface area contributed by atoms with Gasteiger partial charge in [0.25, 0.3) is 5.91 Å². The van der Waals surface area contributed by atoms with Crippen LogP contribution in [-0.2, 0) is 21.5 Å². The van der Waals surface area contributed by atoms with Gasteiger partial charge in [-0.25, -0.2) is 5.48 Å². The summed E-state index contributed by atoms with van der Waals surface area (Å²) in [5, 5.41) is 11.2. The molecule has 1 aliphatic carbocycles. The molecule has 0 bridgehead atoms. The summed E-state index contributed by atoms with van der Waals surface area (Å²) in [6.07, 6.45) is 1.26. The molecule has 2 aromatic rings. The van der Waals surface area contributed by atoms with Crippen LogP contribution in [0.15, 0.2) is 60.7 Å². The molecule has 8 nitrogen and oxygen atoms in total. The largest absolute Gasteiger partial charge is 0.405 e. The molecule has 0 unspecified atom stereocenters. The van der Waals surface area contributed by atoms with E-state index in [4.69, 9.17) is 10.9 Å². The molecule has 0 aliphatic heterocycles. The fraction of sp³-hybridized carbons (Fsp3) is 0.393. The summed E-state index contributed by atoms with van der Waals surface area (Å²) in [4.78, 5) is 37.8. The van der Waals surface area contributed by atoms with Crippen molar-refractivity contribution < 1.29 is 32.8 Å². The van der Waals surface area contributed by atoms with Crippen molar-refractivity contribution in [2.24, 2.45) is 5.73 Å². The van der Waals surface area contributed by atoms with Crippen molar-refractivity contribution in [1.29, 1.82) is 0 Å². The number of nitrogens with zero attached hydrogens (tertiary/aromatic N) is 1. The Morgan fingerprint density at radius 2 is 1.46 bits per heavy atom. The number of amides is 3. The molecule has 1 aliphatic rings. The Morgan fingerprint density at radius 3 is 1.97 bits per heavy atom. The normalized spacial score (nSPS) is 13.6. The lowest BCUT2D eigenvalue weighted by molar-refractivity contribution is -0.153. The van der Waals surface area contributed by atoms with Crippen molar-refractivity contribution in [3.8, 4) is 0 Å². The van der Waals surface area contributed by atoms with E-state index in [1.165, 1.54) is 17.0 Å². The lowest BCUT2D eigenvalue weighted by Gasteiger charge is -2.24. The van der Waals surface area contributed by atoms with Crippen molar-refractivity contribution in [2.75, 3.05) is 18.4 Å². The molecule has 0 aromatic heterocycles. The number of anilines is 1. The molecule has 0 saturated carbocycles. The van der Waals surface area contributed by atoms with Crippen LogP contribution in [0.1, 0.15) is 60.0 Å². The molecule has 3 rings (SSSR count). The Bertz CT molecular complexity index is 1160. The molecule has 2 aromatic carbocycles. The van der Waals surface area contributed by atoms with Gasteiger partial charge in [-0.3, -0.25) is 19.6 Å². The molecule has 3 amide bonds. The van der Waals surface area contributed by atoms with Gasteiger partial charge < -0.3 is 16.0 Å². The second kappa shape index (κ2) is 13.4. The van der Waals surface area contributed by atoms with Crippen LogP contribution in [0, 0.1) is 0 Å². The van der Waals surface area contributed by atoms with Crippen LogP contribution in [-0.4, -0.2) is 47.1 Å². The third-order valence-electron chi connectivity index (χ3n) is 6.56. The number of nitrogens with two attached hydrogens (primary N) is 1. The van der Waals surface area contributed by atoms with Crippen LogP contribution in [0.2, 0.25) is 0 Å². The maximum absolute atomic E-state index is 13.3. The number of halogens is 3. The topological polar surface area (TPSA) is 125 Å². The monoisotopic (exact) mass is 546 g/mol. The zero-order chi connectivity index (χ0) is 28.5. The number of benzene rings is 2. The van der Waals surface area contributed by atoms with E-state index >= 15 is 0 Å². The van der Waals surface area contributed by atoms with E-state index in [-0.39, 0.29) is 43.4 Å². The van der Waals surface area contributed by atoms with Gasteiger partial charge in [0.05, 0.1) is 0 Å². The molecule has 5 N–H and O–H groups in total. The van der Waals surface area contributed by atoms with Crippen LogP contribution in [0.25, 0.3) is 0 Å². The number of nitrogens with one attached hydrogen (secondary N) is 2. The third-order valence-corrected chi connectivity index (χ3v) is 6.56. The first-order valence-corrected chi connectivity index (χ1v) is 12.8. The molecule has 0 heterocycles. The summed E-state index contributed by atoms with van der Waals surface area (Å²) >= 11 is 0. The predicted octanol–water partition coefficient (Wildman–Crippen LogP) is 4.44. The highest BCUT2D eigenvalue weighted by Crippen LogP contribution is 2.51. The maximum Gasteiger partial charge on any atom is 0.405 e. The Morgan fingerprint density at radius 1 is 0.872 bits per heavy atom. The minimum absolute atomic E-state index is 0.139. The molecule has 39 heavy (non-hydrogen) atoms. The molecule has 0 saturated heterocycles.